The second-order valence-corrected chi connectivity index (χ2v) is 5.38. The first-order valence-electron chi connectivity index (χ1n) is 6.41. The molecule has 1 N–H and O–H groups in total. The first-order chi connectivity index (χ1) is 9.19. The molecule has 0 fully saturated rings. The Bertz CT molecular complexity index is 532. The van der Waals surface area contributed by atoms with Crippen LogP contribution in [0.25, 0.3) is 0 Å². The van der Waals surface area contributed by atoms with Crippen molar-refractivity contribution >= 4 is 23.2 Å². The molecule has 100 valence electrons. The highest BCUT2D eigenvalue weighted by Crippen LogP contribution is 2.19. The van der Waals surface area contributed by atoms with Gasteiger partial charge in [-0.25, -0.2) is 0 Å². The molecule has 0 bridgehead atoms. The van der Waals surface area contributed by atoms with Crippen molar-refractivity contribution in [2.24, 2.45) is 0 Å². The number of benzene rings is 2. The average Bonchev–Trinajstić information content (AvgIpc) is 2.38. The topological polar surface area (TPSA) is 12.0 Å². The van der Waals surface area contributed by atoms with Crippen LogP contribution in [0, 0.1) is 0 Å². The molecule has 0 radical (unpaired) electrons. The fourth-order valence-corrected chi connectivity index (χ4v) is 2.70. The van der Waals surface area contributed by atoms with Gasteiger partial charge in [0.2, 0.25) is 0 Å². The number of nitrogens with one attached hydrogen (secondary N) is 1. The van der Waals surface area contributed by atoms with E-state index in [1.807, 2.05) is 12.1 Å². The molecule has 2 rings (SSSR count). The van der Waals surface area contributed by atoms with Crippen LogP contribution >= 0.6 is 23.2 Å². The molecule has 0 unspecified atom stereocenters. The lowest BCUT2D eigenvalue weighted by molar-refractivity contribution is 0.688. The Morgan fingerprint density at radius 3 is 2.16 bits per heavy atom. The molecule has 0 aliphatic heterocycles. The summed E-state index contributed by atoms with van der Waals surface area (Å²) < 4.78 is 0. The van der Waals surface area contributed by atoms with Crippen molar-refractivity contribution in [3.8, 4) is 0 Å². The predicted molar refractivity (Wildman–Crippen MR) is 82.8 cm³/mol. The summed E-state index contributed by atoms with van der Waals surface area (Å²) in [7, 11) is 0. The van der Waals surface area contributed by atoms with Crippen molar-refractivity contribution in [1.82, 2.24) is 5.32 Å². The molecule has 0 aliphatic rings. The van der Waals surface area contributed by atoms with Crippen molar-refractivity contribution < 1.29 is 0 Å². The van der Waals surface area contributed by atoms with E-state index in [0.29, 0.717) is 10.0 Å². The molecular weight excluding hydrogens is 277 g/mol. The fourth-order valence-electron chi connectivity index (χ4n) is 2.13. The fraction of sp³-hybridized carbons (Fsp3) is 0.250. The van der Waals surface area contributed by atoms with Crippen LogP contribution in [0.4, 0.5) is 0 Å². The first-order valence-corrected chi connectivity index (χ1v) is 7.17. The first kappa shape index (κ1) is 14.4. The largest absolute Gasteiger partial charge is 0.309 e. The van der Waals surface area contributed by atoms with Crippen LogP contribution in [0.1, 0.15) is 23.6 Å². The third-order valence-corrected chi connectivity index (χ3v) is 3.50. The molecule has 0 saturated carbocycles. The van der Waals surface area contributed by atoms with E-state index >= 15 is 0 Å². The van der Waals surface area contributed by atoms with Crippen LogP contribution in [0.3, 0.4) is 0 Å². The van der Waals surface area contributed by atoms with Crippen LogP contribution in [-0.2, 0) is 19.5 Å². The van der Waals surface area contributed by atoms with Crippen LogP contribution in [0.5, 0.6) is 0 Å². The Hall–Kier alpha value is -1.02. The minimum absolute atomic E-state index is 0.679. The van der Waals surface area contributed by atoms with Gasteiger partial charge < -0.3 is 5.32 Å². The minimum Gasteiger partial charge on any atom is -0.309 e. The quantitative estimate of drug-likeness (QED) is 0.831. The Kier molecular flexibility index (Phi) is 5.26. The van der Waals surface area contributed by atoms with E-state index in [0.717, 1.165) is 25.1 Å². The lowest BCUT2D eigenvalue weighted by Gasteiger charge is -2.09. The maximum atomic E-state index is 5.98. The monoisotopic (exact) mass is 293 g/mol. The summed E-state index contributed by atoms with van der Waals surface area (Å²) >= 11 is 12.0. The molecule has 0 saturated heterocycles. The van der Waals surface area contributed by atoms with Gasteiger partial charge in [0.1, 0.15) is 0 Å². The SMILES string of the molecule is CCc1ccccc1CNCc1cc(Cl)cc(Cl)c1. The molecule has 0 atom stereocenters. The van der Waals surface area contributed by atoms with Crippen LogP contribution in [0.15, 0.2) is 42.5 Å². The maximum Gasteiger partial charge on any atom is 0.0424 e. The summed E-state index contributed by atoms with van der Waals surface area (Å²) in [5, 5.41) is 4.79. The lowest BCUT2D eigenvalue weighted by Crippen LogP contribution is -2.13. The van der Waals surface area contributed by atoms with E-state index in [4.69, 9.17) is 23.2 Å². The van der Waals surface area contributed by atoms with Gasteiger partial charge in [-0.15, -0.1) is 0 Å². The summed E-state index contributed by atoms with van der Waals surface area (Å²) in [6, 6.07) is 14.1. The Morgan fingerprint density at radius 2 is 1.53 bits per heavy atom. The van der Waals surface area contributed by atoms with Gasteiger partial charge in [-0.3, -0.25) is 0 Å². The summed E-state index contributed by atoms with van der Waals surface area (Å²) in [4.78, 5) is 0. The van der Waals surface area contributed by atoms with Crippen molar-refractivity contribution in [3.05, 3.63) is 69.2 Å². The van der Waals surface area contributed by atoms with E-state index in [1.165, 1.54) is 11.1 Å². The van der Waals surface area contributed by atoms with E-state index in [1.54, 1.807) is 6.07 Å². The molecular formula is C16H17Cl2N. The van der Waals surface area contributed by atoms with Gasteiger partial charge in [-0.2, -0.15) is 0 Å². The Labute approximate surface area is 124 Å². The minimum atomic E-state index is 0.679. The zero-order valence-corrected chi connectivity index (χ0v) is 12.4. The van der Waals surface area contributed by atoms with Crippen molar-refractivity contribution in [1.29, 1.82) is 0 Å². The number of halogens is 2. The van der Waals surface area contributed by atoms with E-state index < -0.39 is 0 Å². The average molecular weight is 294 g/mol. The van der Waals surface area contributed by atoms with Gasteiger partial charge >= 0.3 is 0 Å². The molecule has 0 heterocycles. The second-order valence-electron chi connectivity index (χ2n) is 4.50. The summed E-state index contributed by atoms with van der Waals surface area (Å²) in [6.45, 7) is 3.79. The Morgan fingerprint density at radius 1 is 0.895 bits per heavy atom. The molecule has 3 heteroatoms. The molecule has 0 spiro atoms. The van der Waals surface area contributed by atoms with Crippen LogP contribution < -0.4 is 5.32 Å². The lowest BCUT2D eigenvalue weighted by atomic mass is 10.1. The molecule has 2 aromatic carbocycles. The summed E-state index contributed by atoms with van der Waals surface area (Å²) in [5.74, 6) is 0. The number of aryl methyl sites for hydroxylation is 1. The van der Waals surface area contributed by atoms with Gasteiger partial charge in [0.05, 0.1) is 0 Å². The summed E-state index contributed by atoms with van der Waals surface area (Å²) in [5.41, 5.74) is 3.84. The highest BCUT2D eigenvalue weighted by molar-refractivity contribution is 6.34. The van der Waals surface area contributed by atoms with Gasteiger partial charge in [0.25, 0.3) is 0 Å². The van der Waals surface area contributed by atoms with E-state index in [2.05, 4.69) is 36.5 Å². The number of rotatable bonds is 5. The number of hydrogen-bond donors (Lipinski definition) is 1. The van der Waals surface area contributed by atoms with E-state index in [9.17, 15) is 0 Å². The smallest absolute Gasteiger partial charge is 0.0424 e. The molecule has 1 nitrogen and oxygen atoms in total. The van der Waals surface area contributed by atoms with Gasteiger partial charge in [0, 0.05) is 23.1 Å². The van der Waals surface area contributed by atoms with E-state index in [-0.39, 0.29) is 0 Å². The molecule has 0 amide bonds. The molecule has 0 aliphatic carbocycles. The zero-order valence-electron chi connectivity index (χ0n) is 10.9. The predicted octanol–water partition coefficient (Wildman–Crippen LogP) is 4.85. The van der Waals surface area contributed by atoms with Gasteiger partial charge in [-0.1, -0.05) is 54.4 Å². The Balaban J connectivity index is 1.96. The highest BCUT2D eigenvalue weighted by Gasteiger charge is 2.01. The normalized spacial score (nSPS) is 10.7. The summed E-state index contributed by atoms with van der Waals surface area (Å²) in [6.07, 6.45) is 1.06. The van der Waals surface area contributed by atoms with Gasteiger partial charge in [0.15, 0.2) is 0 Å². The highest BCUT2D eigenvalue weighted by atomic mass is 35.5. The third-order valence-electron chi connectivity index (χ3n) is 3.07. The molecule has 2 aromatic rings. The second kappa shape index (κ2) is 6.95. The van der Waals surface area contributed by atoms with Crippen molar-refractivity contribution in [2.75, 3.05) is 0 Å². The molecule has 0 aromatic heterocycles. The zero-order chi connectivity index (χ0) is 13.7. The standard InChI is InChI=1S/C16H17Cl2N/c1-2-13-5-3-4-6-14(13)11-19-10-12-7-15(17)9-16(18)8-12/h3-9,19H,2,10-11H2,1H3. The van der Waals surface area contributed by atoms with Gasteiger partial charge in [-0.05, 0) is 41.3 Å². The third kappa shape index (κ3) is 4.24. The van der Waals surface area contributed by atoms with Crippen molar-refractivity contribution in [2.45, 2.75) is 26.4 Å². The van der Waals surface area contributed by atoms with Crippen molar-refractivity contribution in [3.63, 3.8) is 0 Å². The van der Waals surface area contributed by atoms with Crippen LogP contribution in [0.2, 0.25) is 10.0 Å². The molecule has 19 heavy (non-hydrogen) atoms. The number of hydrogen-bond acceptors (Lipinski definition) is 1. The maximum absolute atomic E-state index is 5.98. The van der Waals surface area contributed by atoms with Crippen LogP contribution in [-0.4, -0.2) is 0 Å².